The van der Waals surface area contributed by atoms with Gasteiger partial charge in [-0.2, -0.15) is 13.2 Å². The number of alkyl halides is 3. The second kappa shape index (κ2) is 5.07. The van der Waals surface area contributed by atoms with Crippen LogP contribution in [0.3, 0.4) is 0 Å². The van der Waals surface area contributed by atoms with Gasteiger partial charge in [0, 0.05) is 6.08 Å². The van der Waals surface area contributed by atoms with Crippen molar-refractivity contribution in [3.05, 3.63) is 36.2 Å². The van der Waals surface area contributed by atoms with Crippen molar-refractivity contribution in [3.63, 3.8) is 0 Å². The molecule has 18 heavy (non-hydrogen) atoms. The summed E-state index contributed by atoms with van der Waals surface area (Å²) in [6, 6.07) is 1.84. The normalized spacial score (nSPS) is 12.9. The lowest BCUT2D eigenvalue weighted by Crippen LogP contribution is -2.14. The molecule has 0 aliphatic heterocycles. The molecule has 0 amide bonds. The van der Waals surface area contributed by atoms with Crippen LogP contribution in [0.15, 0.2) is 24.8 Å². The molecule has 1 atom stereocenters. The number of nitrogens with zero attached hydrogens (tertiary/aromatic N) is 1. The van der Waals surface area contributed by atoms with Gasteiger partial charge < -0.3 is 10.5 Å². The van der Waals surface area contributed by atoms with Gasteiger partial charge in [-0.05, 0) is 19.1 Å². The smallest absolute Gasteiger partial charge is 0.433 e. The van der Waals surface area contributed by atoms with E-state index in [9.17, 15) is 18.0 Å². The second-order valence-electron chi connectivity index (χ2n) is 3.45. The van der Waals surface area contributed by atoms with Crippen LogP contribution in [0, 0.1) is 0 Å². The van der Waals surface area contributed by atoms with Gasteiger partial charge in [0.15, 0.2) is 0 Å². The van der Waals surface area contributed by atoms with Crippen molar-refractivity contribution in [3.8, 4) is 0 Å². The third-order valence-electron chi connectivity index (χ3n) is 2.09. The molecule has 4 nitrogen and oxygen atoms in total. The molecule has 0 saturated heterocycles. The summed E-state index contributed by atoms with van der Waals surface area (Å²) in [5, 5.41) is 0. The predicted octanol–water partition coefficient (Wildman–Crippen LogP) is 2.47. The van der Waals surface area contributed by atoms with E-state index in [2.05, 4.69) is 11.6 Å². The Kier molecular flexibility index (Phi) is 3.95. The first-order chi connectivity index (χ1) is 8.25. The Labute approximate surface area is 101 Å². The van der Waals surface area contributed by atoms with Crippen molar-refractivity contribution in [2.45, 2.75) is 19.2 Å². The molecular formula is C11H11F3N2O2. The van der Waals surface area contributed by atoms with Crippen molar-refractivity contribution in [2.75, 3.05) is 5.73 Å². The first kappa shape index (κ1) is 14.0. The fourth-order valence-corrected chi connectivity index (χ4v) is 1.25. The summed E-state index contributed by atoms with van der Waals surface area (Å²) in [6.07, 6.45) is -4.66. The number of carbonyl (C=O) groups excluding carboxylic acids is 1. The van der Waals surface area contributed by atoms with Crippen molar-refractivity contribution in [2.24, 2.45) is 0 Å². The number of esters is 1. The fourth-order valence-electron chi connectivity index (χ4n) is 1.25. The Morgan fingerprint density at radius 3 is 2.67 bits per heavy atom. The molecule has 98 valence electrons. The van der Waals surface area contributed by atoms with Crippen molar-refractivity contribution >= 4 is 11.7 Å². The number of nitrogens with two attached hydrogens (primary N) is 1. The van der Waals surface area contributed by atoms with Gasteiger partial charge in [-0.3, -0.25) is 0 Å². The summed E-state index contributed by atoms with van der Waals surface area (Å²) < 4.78 is 42.2. The molecular weight excluding hydrogens is 249 g/mol. The summed E-state index contributed by atoms with van der Waals surface area (Å²) in [6.45, 7) is 4.56. The van der Waals surface area contributed by atoms with Crippen molar-refractivity contribution < 1.29 is 22.7 Å². The monoisotopic (exact) mass is 260 g/mol. The number of hydrogen-bond acceptors (Lipinski definition) is 4. The molecule has 1 unspecified atom stereocenters. The van der Waals surface area contributed by atoms with Gasteiger partial charge >= 0.3 is 12.1 Å². The molecule has 0 aliphatic rings. The quantitative estimate of drug-likeness (QED) is 0.669. The zero-order valence-electron chi connectivity index (χ0n) is 9.49. The van der Waals surface area contributed by atoms with Crippen LogP contribution in [0.1, 0.15) is 24.4 Å². The van der Waals surface area contributed by atoms with Gasteiger partial charge in [0.2, 0.25) is 0 Å². The average Bonchev–Trinajstić information content (AvgIpc) is 2.27. The molecule has 0 aliphatic carbocycles. The van der Waals surface area contributed by atoms with E-state index in [-0.39, 0.29) is 11.4 Å². The van der Waals surface area contributed by atoms with Gasteiger partial charge in [0.05, 0.1) is 5.69 Å². The molecule has 0 aromatic carbocycles. The van der Waals surface area contributed by atoms with E-state index in [4.69, 9.17) is 10.5 Å². The van der Waals surface area contributed by atoms with Crippen molar-refractivity contribution in [1.29, 1.82) is 0 Å². The summed E-state index contributed by atoms with van der Waals surface area (Å²) in [5.41, 5.74) is 4.30. The fraction of sp³-hybridized carbons (Fsp3) is 0.273. The van der Waals surface area contributed by atoms with Crippen LogP contribution in [0.2, 0.25) is 0 Å². The summed E-state index contributed by atoms with van der Waals surface area (Å²) in [5.74, 6) is -0.763. The SMILES string of the molecule is C=CC(=O)OC(C)c1nc(C(F)(F)F)ccc1N. The molecule has 0 spiro atoms. The number of pyridine rings is 1. The Hall–Kier alpha value is -2.05. The van der Waals surface area contributed by atoms with Crippen LogP contribution in [0.4, 0.5) is 18.9 Å². The maximum absolute atomic E-state index is 12.5. The maximum atomic E-state index is 12.5. The van der Waals surface area contributed by atoms with E-state index in [1.807, 2.05) is 0 Å². The van der Waals surface area contributed by atoms with Gasteiger partial charge in [0.1, 0.15) is 17.5 Å². The second-order valence-corrected chi connectivity index (χ2v) is 3.45. The zero-order valence-corrected chi connectivity index (χ0v) is 9.49. The minimum absolute atomic E-state index is 0.0207. The maximum Gasteiger partial charge on any atom is 0.433 e. The number of carbonyl (C=O) groups is 1. The Morgan fingerprint density at radius 2 is 2.17 bits per heavy atom. The lowest BCUT2D eigenvalue weighted by molar-refractivity contribution is -0.143. The third kappa shape index (κ3) is 3.22. The number of anilines is 1. The highest BCUT2D eigenvalue weighted by atomic mass is 19.4. The molecule has 1 heterocycles. The van der Waals surface area contributed by atoms with Crippen LogP contribution >= 0.6 is 0 Å². The minimum Gasteiger partial charge on any atom is -0.453 e. The standard InChI is InChI=1S/C11H11F3N2O2/c1-3-9(17)18-6(2)10-7(15)4-5-8(16-10)11(12,13)14/h3-6H,1,15H2,2H3. The first-order valence-electron chi connectivity index (χ1n) is 4.92. The Balaban J connectivity index is 3.07. The summed E-state index contributed by atoms with van der Waals surface area (Å²) in [4.78, 5) is 14.3. The molecule has 0 fully saturated rings. The van der Waals surface area contributed by atoms with E-state index < -0.39 is 23.9 Å². The molecule has 7 heteroatoms. The van der Waals surface area contributed by atoms with Gasteiger partial charge in [-0.1, -0.05) is 6.58 Å². The first-order valence-corrected chi connectivity index (χ1v) is 4.92. The highest BCUT2D eigenvalue weighted by molar-refractivity contribution is 5.81. The minimum atomic E-state index is -4.58. The van der Waals surface area contributed by atoms with E-state index in [1.54, 1.807) is 0 Å². The summed E-state index contributed by atoms with van der Waals surface area (Å²) >= 11 is 0. The van der Waals surface area contributed by atoms with E-state index in [1.165, 1.54) is 6.92 Å². The molecule has 0 radical (unpaired) electrons. The van der Waals surface area contributed by atoms with Crippen LogP contribution in [0.5, 0.6) is 0 Å². The lowest BCUT2D eigenvalue weighted by Gasteiger charge is -2.15. The van der Waals surface area contributed by atoms with Gasteiger partial charge in [-0.25, -0.2) is 9.78 Å². The molecule has 1 aromatic rings. The van der Waals surface area contributed by atoms with E-state index in [0.717, 1.165) is 18.2 Å². The number of halogens is 3. The molecule has 1 rings (SSSR count). The van der Waals surface area contributed by atoms with Gasteiger partial charge in [0.25, 0.3) is 0 Å². The number of aromatic nitrogens is 1. The molecule has 0 bridgehead atoms. The average molecular weight is 260 g/mol. The molecule has 0 saturated carbocycles. The topological polar surface area (TPSA) is 65.2 Å². The Bertz CT molecular complexity index is 472. The number of ether oxygens (including phenoxy) is 1. The number of rotatable bonds is 3. The highest BCUT2D eigenvalue weighted by Crippen LogP contribution is 2.31. The lowest BCUT2D eigenvalue weighted by atomic mass is 10.2. The largest absolute Gasteiger partial charge is 0.453 e. The van der Waals surface area contributed by atoms with Crippen LogP contribution in [0.25, 0.3) is 0 Å². The Morgan fingerprint density at radius 1 is 1.56 bits per heavy atom. The van der Waals surface area contributed by atoms with Gasteiger partial charge in [-0.15, -0.1) is 0 Å². The number of hydrogen-bond donors (Lipinski definition) is 1. The molecule has 1 aromatic heterocycles. The van der Waals surface area contributed by atoms with Crippen LogP contribution < -0.4 is 5.73 Å². The molecule has 2 N–H and O–H groups in total. The van der Waals surface area contributed by atoms with Crippen LogP contribution in [-0.2, 0) is 15.7 Å². The van der Waals surface area contributed by atoms with Crippen molar-refractivity contribution in [1.82, 2.24) is 4.98 Å². The predicted molar refractivity (Wildman–Crippen MR) is 58.4 cm³/mol. The third-order valence-corrected chi connectivity index (χ3v) is 2.09. The van der Waals surface area contributed by atoms with Crippen LogP contribution in [-0.4, -0.2) is 11.0 Å². The summed E-state index contributed by atoms with van der Waals surface area (Å²) in [7, 11) is 0. The zero-order chi connectivity index (χ0) is 13.9. The van der Waals surface area contributed by atoms with E-state index in [0.29, 0.717) is 0 Å². The number of nitrogen functional groups attached to an aromatic ring is 1. The highest BCUT2D eigenvalue weighted by Gasteiger charge is 2.33. The van der Waals surface area contributed by atoms with E-state index >= 15 is 0 Å².